The van der Waals surface area contributed by atoms with Gasteiger partial charge >= 0.3 is 0 Å². The van der Waals surface area contributed by atoms with Gasteiger partial charge in [0.05, 0.1) is 7.06 Å². The van der Waals surface area contributed by atoms with Gasteiger partial charge in [-0.1, -0.05) is 70.2 Å². The fraction of sp³-hybridized carbons (Fsp3) is 0.194. The zero-order valence-electron chi connectivity index (χ0n) is 20.4. The van der Waals surface area contributed by atoms with Crippen molar-refractivity contribution in [3.63, 3.8) is 0 Å². The number of allylic oxidation sites excluding steroid dienone is 1. The van der Waals surface area contributed by atoms with Crippen LogP contribution in [0.3, 0.4) is 0 Å². The molecule has 0 unspecified atom stereocenters. The van der Waals surface area contributed by atoms with Gasteiger partial charge in [-0.25, -0.2) is 0 Å². The monoisotopic (exact) mass is 430 g/mol. The molecule has 1 aliphatic rings. The number of para-hydroxylation sites is 1. The predicted octanol–water partition coefficient (Wildman–Crippen LogP) is 8.60. The zero-order chi connectivity index (χ0) is 23.6. The molecular weight excluding hydrogens is 402 g/mol. The Morgan fingerprint density at radius 3 is 2.45 bits per heavy atom. The highest BCUT2D eigenvalue weighted by Gasteiger charge is 2.38. The molecule has 2 heterocycles. The fourth-order valence-electron chi connectivity index (χ4n) is 5.26. The molecule has 3 aromatic carbocycles. The topological polar surface area (TPSA) is 26.0 Å². The van der Waals surface area contributed by atoms with Crippen LogP contribution in [0.15, 0.2) is 83.4 Å². The molecule has 5 aromatic rings. The standard InChI is InChI=1S/C31H27NO/c1-19(2)25-16-23(15-20-9-5-7-11-24(20)25)30-29-22(13-14-32-30)17-26(31(29,3)4)28-18-21-10-6-8-12-27(21)33-28/h5-19H,1-4H3/i17D. The zero-order valence-corrected chi connectivity index (χ0v) is 19.4. The summed E-state index contributed by atoms with van der Waals surface area (Å²) in [5, 5.41) is 3.56. The van der Waals surface area contributed by atoms with Crippen molar-refractivity contribution in [3.05, 3.63) is 101 Å². The molecular formula is C31H27NO. The molecule has 0 N–H and O–H groups in total. The summed E-state index contributed by atoms with van der Waals surface area (Å²) >= 11 is 0. The summed E-state index contributed by atoms with van der Waals surface area (Å²) in [7, 11) is 0. The normalized spacial score (nSPS) is 15.5. The number of benzene rings is 3. The summed E-state index contributed by atoms with van der Waals surface area (Å²) in [6.45, 7) is 8.85. The average Bonchev–Trinajstić information content (AvgIpc) is 3.34. The molecule has 0 saturated heterocycles. The molecule has 0 amide bonds. The van der Waals surface area contributed by atoms with Crippen molar-refractivity contribution < 1.29 is 5.79 Å². The van der Waals surface area contributed by atoms with Gasteiger partial charge in [-0.2, -0.15) is 0 Å². The molecule has 6 rings (SSSR count). The predicted molar refractivity (Wildman–Crippen MR) is 138 cm³/mol. The summed E-state index contributed by atoms with van der Waals surface area (Å²) < 4.78 is 15.4. The smallest absolute Gasteiger partial charge is 0.134 e. The molecule has 2 nitrogen and oxygen atoms in total. The van der Waals surface area contributed by atoms with E-state index in [-0.39, 0.29) is 0 Å². The van der Waals surface area contributed by atoms with Gasteiger partial charge in [0.1, 0.15) is 11.3 Å². The van der Waals surface area contributed by atoms with Crippen molar-refractivity contribution in [1.82, 2.24) is 4.98 Å². The van der Waals surface area contributed by atoms with Crippen LogP contribution in [0.4, 0.5) is 0 Å². The van der Waals surface area contributed by atoms with Gasteiger partial charge < -0.3 is 4.42 Å². The van der Waals surface area contributed by atoms with Crippen molar-refractivity contribution in [2.45, 2.75) is 39.0 Å². The lowest BCUT2D eigenvalue weighted by Crippen LogP contribution is -2.18. The molecule has 0 radical (unpaired) electrons. The summed E-state index contributed by atoms with van der Waals surface area (Å²) in [6, 6.07) is 25.7. The third-order valence-corrected chi connectivity index (χ3v) is 6.92. The van der Waals surface area contributed by atoms with Crippen LogP contribution in [0.5, 0.6) is 0 Å². The number of hydrogen-bond donors (Lipinski definition) is 0. The van der Waals surface area contributed by atoms with E-state index >= 15 is 0 Å². The van der Waals surface area contributed by atoms with Crippen LogP contribution in [-0.4, -0.2) is 4.98 Å². The molecule has 33 heavy (non-hydrogen) atoms. The second-order valence-electron chi connectivity index (χ2n) is 9.80. The van der Waals surface area contributed by atoms with Crippen LogP contribution in [0, 0.1) is 0 Å². The minimum Gasteiger partial charge on any atom is -0.456 e. The van der Waals surface area contributed by atoms with Gasteiger partial charge in [0.15, 0.2) is 0 Å². The Hall–Kier alpha value is -3.65. The lowest BCUT2D eigenvalue weighted by atomic mass is 9.78. The lowest BCUT2D eigenvalue weighted by Gasteiger charge is -2.26. The molecule has 0 fully saturated rings. The summed E-state index contributed by atoms with van der Waals surface area (Å²) in [6.07, 6.45) is 1.84. The molecule has 162 valence electrons. The SMILES string of the molecule is [2H]C1=C(c2cc3ccccc3o2)C(C)(C)c2c1ccnc2-c1cc(C(C)C)c2ccccc2c1. The van der Waals surface area contributed by atoms with Crippen LogP contribution in [0.1, 0.15) is 57.4 Å². The van der Waals surface area contributed by atoms with Crippen LogP contribution < -0.4 is 0 Å². The summed E-state index contributed by atoms with van der Waals surface area (Å²) in [4.78, 5) is 4.89. The third-order valence-electron chi connectivity index (χ3n) is 6.92. The number of rotatable bonds is 3. The Labute approximate surface area is 196 Å². The van der Waals surface area contributed by atoms with E-state index in [1.165, 1.54) is 16.3 Å². The highest BCUT2D eigenvalue weighted by atomic mass is 16.3. The minimum atomic E-state index is -0.423. The van der Waals surface area contributed by atoms with Crippen molar-refractivity contribution in [1.29, 1.82) is 0 Å². The Morgan fingerprint density at radius 2 is 1.67 bits per heavy atom. The molecule has 0 aliphatic heterocycles. The van der Waals surface area contributed by atoms with E-state index in [0.717, 1.165) is 44.7 Å². The maximum Gasteiger partial charge on any atom is 0.134 e. The molecule has 0 spiro atoms. The fourth-order valence-corrected chi connectivity index (χ4v) is 5.26. The number of pyridine rings is 1. The van der Waals surface area contributed by atoms with E-state index in [2.05, 4.69) is 76.2 Å². The first kappa shape index (κ1) is 18.9. The van der Waals surface area contributed by atoms with Crippen molar-refractivity contribution >= 4 is 33.4 Å². The van der Waals surface area contributed by atoms with E-state index < -0.39 is 5.41 Å². The maximum absolute atomic E-state index is 9.13. The minimum absolute atomic E-state index is 0.394. The van der Waals surface area contributed by atoms with Gasteiger partial charge in [0, 0.05) is 28.1 Å². The first-order valence-corrected chi connectivity index (χ1v) is 11.6. The highest BCUT2D eigenvalue weighted by Crippen LogP contribution is 2.50. The van der Waals surface area contributed by atoms with Gasteiger partial charge in [-0.3, -0.25) is 4.98 Å². The molecule has 0 bridgehead atoms. The van der Waals surface area contributed by atoms with E-state index in [1.54, 1.807) is 0 Å². The highest BCUT2D eigenvalue weighted by molar-refractivity contribution is 5.98. The van der Waals surface area contributed by atoms with Crippen molar-refractivity contribution in [2.24, 2.45) is 0 Å². The molecule has 1 aliphatic carbocycles. The number of fused-ring (bicyclic) bond motifs is 3. The van der Waals surface area contributed by atoms with Crippen LogP contribution in [-0.2, 0) is 5.41 Å². The van der Waals surface area contributed by atoms with Crippen LogP contribution in [0.25, 0.3) is 44.6 Å². The Balaban J connectivity index is 1.57. The van der Waals surface area contributed by atoms with E-state index in [9.17, 15) is 0 Å². The van der Waals surface area contributed by atoms with Gasteiger partial charge in [0.25, 0.3) is 0 Å². The third kappa shape index (κ3) is 3.05. The molecule has 2 aromatic heterocycles. The number of hydrogen-bond acceptors (Lipinski definition) is 2. The van der Waals surface area contributed by atoms with Crippen LogP contribution >= 0.6 is 0 Å². The largest absolute Gasteiger partial charge is 0.456 e. The summed E-state index contributed by atoms with van der Waals surface area (Å²) in [5.41, 5.74) is 6.74. The van der Waals surface area contributed by atoms with Gasteiger partial charge in [-0.05, 0) is 69.8 Å². The van der Waals surface area contributed by atoms with Gasteiger partial charge in [0.2, 0.25) is 0 Å². The number of furan rings is 1. The average molecular weight is 431 g/mol. The van der Waals surface area contributed by atoms with E-state index in [4.69, 9.17) is 10.8 Å². The molecule has 2 heteroatoms. The molecule has 0 saturated carbocycles. The Kier molecular flexibility index (Phi) is 4.11. The second-order valence-corrected chi connectivity index (χ2v) is 9.80. The quantitative estimate of drug-likeness (QED) is 0.286. The Bertz CT molecular complexity index is 1590. The maximum atomic E-state index is 9.13. The van der Waals surface area contributed by atoms with Crippen molar-refractivity contribution in [2.75, 3.05) is 0 Å². The number of aromatic nitrogens is 1. The first-order chi connectivity index (χ1) is 16.4. The molecule has 0 atom stereocenters. The van der Waals surface area contributed by atoms with Crippen LogP contribution in [0.2, 0.25) is 0 Å². The second kappa shape index (κ2) is 7.18. The lowest BCUT2D eigenvalue weighted by molar-refractivity contribution is 0.577. The van der Waals surface area contributed by atoms with E-state index in [0.29, 0.717) is 12.0 Å². The number of nitrogens with zero attached hydrogens (tertiary/aromatic N) is 1. The van der Waals surface area contributed by atoms with E-state index in [1.807, 2.05) is 30.5 Å². The summed E-state index contributed by atoms with van der Waals surface area (Å²) in [5.74, 6) is 1.16. The van der Waals surface area contributed by atoms with Crippen molar-refractivity contribution in [3.8, 4) is 11.3 Å². The van der Waals surface area contributed by atoms with Gasteiger partial charge in [-0.15, -0.1) is 0 Å². The Morgan fingerprint density at radius 1 is 0.909 bits per heavy atom. The first-order valence-electron chi connectivity index (χ1n) is 12.1.